The Morgan fingerprint density at radius 3 is 2.65 bits per heavy atom. The van der Waals surface area contributed by atoms with Crippen molar-refractivity contribution in [3.8, 4) is 11.5 Å². The monoisotopic (exact) mass is 296 g/mol. The average Bonchev–Trinajstić information content (AvgIpc) is 2.83. The maximum atomic E-state index is 12.3. The van der Waals surface area contributed by atoms with Gasteiger partial charge in [0.25, 0.3) is 0 Å². The number of aromatic nitrogens is 2. The number of sulfone groups is 1. The second-order valence-electron chi connectivity index (χ2n) is 4.30. The van der Waals surface area contributed by atoms with E-state index in [9.17, 15) is 8.42 Å². The highest BCUT2D eigenvalue weighted by atomic mass is 32.2. The number of benzene rings is 1. The van der Waals surface area contributed by atoms with E-state index in [0.29, 0.717) is 30.5 Å². The topological polar surface area (TPSA) is 91.5 Å². The van der Waals surface area contributed by atoms with Crippen molar-refractivity contribution < 1.29 is 22.4 Å². The van der Waals surface area contributed by atoms with E-state index in [1.807, 2.05) is 0 Å². The first-order chi connectivity index (χ1) is 9.54. The zero-order valence-electron chi connectivity index (χ0n) is 10.7. The highest BCUT2D eigenvalue weighted by molar-refractivity contribution is 7.90. The molecule has 3 rings (SSSR count). The SMILES string of the molecule is Cc1noc(CS(=O)(=O)c2ccc3c(c2)OCCO3)n1. The van der Waals surface area contributed by atoms with Crippen LogP contribution in [0, 0.1) is 6.92 Å². The highest BCUT2D eigenvalue weighted by Gasteiger charge is 2.22. The summed E-state index contributed by atoms with van der Waals surface area (Å²) in [5.41, 5.74) is 0. The van der Waals surface area contributed by atoms with Crippen molar-refractivity contribution in [1.29, 1.82) is 0 Å². The van der Waals surface area contributed by atoms with Gasteiger partial charge < -0.3 is 14.0 Å². The van der Waals surface area contributed by atoms with Crippen LogP contribution in [0.5, 0.6) is 11.5 Å². The minimum absolute atomic E-state index is 0.0670. The van der Waals surface area contributed by atoms with Crippen molar-refractivity contribution in [1.82, 2.24) is 10.1 Å². The molecule has 1 aliphatic rings. The van der Waals surface area contributed by atoms with Gasteiger partial charge in [-0.05, 0) is 19.1 Å². The van der Waals surface area contributed by atoms with Crippen LogP contribution in [0.1, 0.15) is 11.7 Å². The zero-order chi connectivity index (χ0) is 14.2. The largest absolute Gasteiger partial charge is 0.486 e. The summed E-state index contributed by atoms with van der Waals surface area (Å²) in [6.45, 7) is 2.49. The fraction of sp³-hybridized carbons (Fsp3) is 0.333. The summed E-state index contributed by atoms with van der Waals surface area (Å²) >= 11 is 0. The minimum atomic E-state index is -3.57. The van der Waals surface area contributed by atoms with Crippen molar-refractivity contribution >= 4 is 9.84 Å². The van der Waals surface area contributed by atoms with E-state index in [2.05, 4.69) is 10.1 Å². The van der Waals surface area contributed by atoms with Gasteiger partial charge in [0.15, 0.2) is 27.2 Å². The predicted molar refractivity (Wildman–Crippen MR) is 67.4 cm³/mol. The van der Waals surface area contributed by atoms with Gasteiger partial charge in [-0.1, -0.05) is 5.16 Å². The Bertz CT molecular complexity index is 738. The summed E-state index contributed by atoms with van der Waals surface area (Å²) in [5, 5.41) is 3.57. The molecular formula is C12H12N2O5S. The van der Waals surface area contributed by atoms with Gasteiger partial charge in [-0.15, -0.1) is 0 Å². The fourth-order valence-corrected chi connectivity index (χ4v) is 3.03. The van der Waals surface area contributed by atoms with E-state index in [-0.39, 0.29) is 16.5 Å². The molecule has 0 aliphatic carbocycles. The molecule has 0 amide bonds. The van der Waals surface area contributed by atoms with Crippen molar-refractivity contribution in [3.63, 3.8) is 0 Å². The summed E-state index contributed by atoms with van der Waals surface area (Å²) in [6, 6.07) is 4.51. The van der Waals surface area contributed by atoms with Crippen molar-refractivity contribution in [2.45, 2.75) is 17.6 Å². The van der Waals surface area contributed by atoms with Crippen LogP contribution in [0.3, 0.4) is 0 Å². The Hall–Kier alpha value is -2.09. The van der Waals surface area contributed by atoms with E-state index < -0.39 is 9.84 Å². The summed E-state index contributed by atoms with van der Waals surface area (Å²) in [4.78, 5) is 4.03. The predicted octanol–water partition coefficient (Wildman–Crippen LogP) is 1.12. The molecule has 0 atom stereocenters. The van der Waals surface area contributed by atoms with Gasteiger partial charge in [0.1, 0.15) is 19.0 Å². The molecule has 1 aliphatic heterocycles. The van der Waals surface area contributed by atoms with Gasteiger partial charge in [0.2, 0.25) is 5.89 Å². The number of fused-ring (bicyclic) bond motifs is 1. The van der Waals surface area contributed by atoms with E-state index in [1.54, 1.807) is 13.0 Å². The first kappa shape index (κ1) is 12.9. The molecule has 2 aromatic rings. The molecule has 2 heterocycles. The highest BCUT2D eigenvalue weighted by Crippen LogP contribution is 2.32. The standard InChI is InChI=1S/C12H12N2O5S/c1-8-13-12(19-14-8)7-20(15,16)9-2-3-10-11(6-9)18-5-4-17-10/h2-3,6H,4-5,7H2,1H3. The Kier molecular flexibility index (Phi) is 3.09. The number of nitrogens with zero attached hydrogens (tertiary/aromatic N) is 2. The molecule has 0 spiro atoms. The Labute approximate surface area is 115 Å². The van der Waals surface area contributed by atoms with E-state index in [0.717, 1.165) is 0 Å². The van der Waals surface area contributed by atoms with Crippen LogP contribution in [0.25, 0.3) is 0 Å². The first-order valence-electron chi connectivity index (χ1n) is 5.96. The van der Waals surface area contributed by atoms with E-state index >= 15 is 0 Å². The Morgan fingerprint density at radius 2 is 1.95 bits per heavy atom. The van der Waals surface area contributed by atoms with Crippen LogP contribution >= 0.6 is 0 Å². The van der Waals surface area contributed by atoms with Crippen LogP contribution < -0.4 is 9.47 Å². The summed E-state index contributed by atoms with van der Waals surface area (Å²) in [6.07, 6.45) is 0. The molecule has 0 saturated heterocycles. The van der Waals surface area contributed by atoms with Crippen molar-refractivity contribution in [3.05, 3.63) is 29.9 Å². The third-order valence-corrected chi connectivity index (χ3v) is 4.36. The lowest BCUT2D eigenvalue weighted by molar-refractivity contribution is 0.171. The Morgan fingerprint density at radius 1 is 1.20 bits per heavy atom. The van der Waals surface area contributed by atoms with Gasteiger partial charge in [-0.3, -0.25) is 0 Å². The maximum absolute atomic E-state index is 12.3. The minimum Gasteiger partial charge on any atom is -0.486 e. The van der Waals surface area contributed by atoms with Crippen molar-refractivity contribution in [2.75, 3.05) is 13.2 Å². The molecule has 0 fully saturated rings. The molecular weight excluding hydrogens is 284 g/mol. The molecule has 0 saturated carbocycles. The van der Waals surface area contributed by atoms with E-state index in [4.69, 9.17) is 14.0 Å². The molecule has 8 heteroatoms. The normalized spacial score (nSPS) is 14.2. The third kappa shape index (κ3) is 2.46. The molecule has 106 valence electrons. The molecule has 0 bridgehead atoms. The lowest BCUT2D eigenvalue weighted by atomic mass is 10.3. The second-order valence-corrected chi connectivity index (χ2v) is 6.29. The maximum Gasteiger partial charge on any atom is 0.242 e. The number of hydrogen-bond acceptors (Lipinski definition) is 7. The fourth-order valence-electron chi connectivity index (χ4n) is 1.86. The van der Waals surface area contributed by atoms with Crippen LogP contribution in [0.4, 0.5) is 0 Å². The molecule has 1 aromatic heterocycles. The molecule has 1 aromatic carbocycles. The Balaban J connectivity index is 1.91. The van der Waals surface area contributed by atoms with Gasteiger partial charge in [-0.2, -0.15) is 4.98 Å². The van der Waals surface area contributed by atoms with Gasteiger partial charge >= 0.3 is 0 Å². The van der Waals surface area contributed by atoms with Crippen LogP contribution in [-0.2, 0) is 15.6 Å². The number of aryl methyl sites for hydroxylation is 1. The summed E-state index contributed by atoms with van der Waals surface area (Å²) < 4.78 is 40.1. The lowest BCUT2D eigenvalue weighted by Gasteiger charge is -2.18. The molecule has 20 heavy (non-hydrogen) atoms. The average molecular weight is 296 g/mol. The smallest absolute Gasteiger partial charge is 0.242 e. The molecule has 7 nitrogen and oxygen atoms in total. The summed E-state index contributed by atoms with van der Waals surface area (Å²) in [7, 11) is -3.57. The summed E-state index contributed by atoms with van der Waals surface area (Å²) in [5.74, 6) is 1.10. The van der Waals surface area contributed by atoms with Crippen molar-refractivity contribution in [2.24, 2.45) is 0 Å². The molecule has 0 unspecified atom stereocenters. The second kappa shape index (κ2) is 4.78. The van der Waals surface area contributed by atoms with Gasteiger partial charge in [0.05, 0.1) is 4.90 Å². The first-order valence-corrected chi connectivity index (χ1v) is 7.61. The van der Waals surface area contributed by atoms with Crippen LogP contribution in [-0.4, -0.2) is 31.8 Å². The van der Waals surface area contributed by atoms with Crippen LogP contribution in [0.15, 0.2) is 27.6 Å². The number of ether oxygens (including phenoxy) is 2. The molecule has 0 radical (unpaired) electrons. The van der Waals surface area contributed by atoms with Gasteiger partial charge in [-0.25, -0.2) is 8.42 Å². The number of rotatable bonds is 3. The van der Waals surface area contributed by atoms with Gasteiger partial charge in [0, 0.05) is 6.07 Å². The number of hydrogen-bond donors (Lipinski definition) is 0. The third-order valence-electron chi connectivity index (χ3n) is 2.76. The zero-order valence-corrected chi connectivity index (χ0v) is 11.5. The molecule has 0 N–H and O–H groups in total. The lowest BCUT2D eigenvalue weighted by Crippen LogP contribution is -2.16. The van der Waals surface area contributed by atoms with Crippen LogP contribution in [0.2, 0.25) is 0 Å². The van der Waals surface area contributed by atoms with E-state index in [1.165, 1.54) is 12.1 Å². The quantitative estimate of drug-likeness (QED) is 0.838.